The summed E-state index contributed by atoms with van der Waals surface area (Å²) in [6, 6.07) is 8.28. The smallest absolute Gasteiger partial charge is 0.128 e. The van der Waals surface area contributed by atoms with Gasteiger partial charge in [-0.05, 0) is 30.5 Å². The Balaban J connectivity index is 2.45. The van der Waals surface area contributed by atoms with Crippen LogP contribution in [0, 0.1) is 5.92 Å². The highest BCUT2D eigenvalue weighted by atomic mass is 16.5. The molecule has 0 bridgehead atoms. The average molecular weight is 203 g/mol. The van der Waals surface area contributed by atoms with Crippen LogP contribution in [0.5, 0.6) is 5.75 Å². The van der Waals surface area contributed by atoms with E-state index in [9.17, 15) is 0 Å². The monoisotopic (exact) mass is 203 g/mol. The van der Waals surface area contributed by atoms with E-state index in [-0.39, 0.29) is 0 Å². The highest BCUT2D eigenvalue weighted by Gasteiger charge is 2.06. The molecule has 2 rings (SSSR count). The summed E-state index contributed by atoms with van der Waals surface area (Å²) in [5, 5.41) is 1.18. The summed E-state index contributed by atoms with van der Waals surface area (Å²) in [7, 11) is 1.71. The van der Waals surface area contributed by atoms with E-state index < -0.39 is 0 Å². The van der Waals surface area contributed by atoms with Crippen molar-refractivity contribution in [1.29, 1.82) is 0 Å². The second-order valence-corrected chi connectivity index (χ2v) is 4.31. The minimum atomic E-state index is 0.670. The summed E-state index contributed by atoms with van der Waals surface area (Å²) in [4.78, 5) is 3.42. The van der Waals surface area contributed by atoms with E-state index in [4.69, 9.17) is 4.74 Å². The minimum absolute atomic E-state index is 0.670. The van der Waals surface area contributed by atoms with Gasteiger partial charge >= 0.3 is 0 Å². The van der Waals surface area contributed by atoms with Crippen molar-refractivity contribution < 1.29 is 4.74 Å². The number of aromatic amines is 1. The first kappa shape index (κ1) is 10.1. The molecule has 0 aliphatic rings. The molecule has 0 saturated heterocycles. The number of fused-ring (bicyclic) bond motifs is 1. The zero-order valence-electron chi connectivity index (χ0n) is 9.50. The van der Waals surface area contributed by atoms with Crippen LogP contribution in [0.1, 0.15) is 19.5 Å². The van der Waals surface area contributed by atoms with E-state index in [2.05, 4.69) is 31.0 Å². The second-order valence-electron chi connectivity index (χ2n) is 4.31. The van der Waals surface area contributed by atoms with E-state index in [1.807, 2.05) is 12.1 Å². The number of nitrogens with one attached hydrogen (secondary N) is 1. The number of methoxy groups -OCH3 is 1. The van der Waals surface area contributed by atoms with Crippen LogP contribution in [0.25, 0.3) is 10.9 Å². The molecule has 1 N–H and O–H groups in total. The predicted molar refractivity (Wildman–Crippen MR) is 63.4 cm³/mol. The lowest BCUT2D eigenvalue weighted by Gasteiger charge is -1.99. The Labute approximate surface area is 90.3 Å². The fraction of sp³-hybridized carbons (Fsp3) is 0.385. The minimum Gasteiger partial charge on any atom is -0.496 e. The second kappa shape index (κ2) is 3.97. The van der Waals surface area contributed by atoms with Gasteiger partial charge in [-0.2, -0.15) is 0 Å². The Morgan fingerprint density at radius 3 is 2.80 bits per heavy atom. The molecule has 2 nitrogen and oxygen atoms in total. The molecule has 2 aromatic rings. The number of hydrogen-bond acceptors (Lipinski definition) is 1. The Bertz CT molecular complexity index is 457. The van der Waals surface area contributed by atoms with Crippen LogP contribution >= 0.6 is 0 Å². The summed E-state index contributed by atoms with van der Waals surface area (Å²) in [6.45, 7) is 4.45. The largest absolute Gasteiger partial charge is 0.496 e. The standard InChI is InChI=1S/C13H17NO/c1-9(2)7-10-8-11-12(14-10)5-4-6-13(11)15-3/h4-6,8-9,14H,7H2,1-3H3. The van der Waals surface area contributed by atoms with Gasteiger partial charge in [-0.25, -0.2) is 0 Å². The molecule has 1 aromatic carbocycles. The normalized spacial score (nSPS) is 11.2. The van der Waals surface area contributed by atoms with Gasteiger partial charge in [-0.3, -0.25) is 0 Å². The van der Waals surface area contributed by atoms with Gasteiger partial charge in [0.1, 0.15) is 5.75 Å². The van der Waals surface area contributed by atoms with Gasteiger partial charge in [0.15, 0.2) is 0 Å². The molecule has 0 atom stereocenters. The first-order valence-corrected chi connectivity index (χ1v) is 5.35. The SMILES string of the molecule is COc1cccc2[nH]c(CC(C)C)cc12. The van der Waals surface area contributed by atoms with Crippen LogP contribution in [-0.2, 0) is 6.42 Å². The first-order chi connectivity index (χ1) is 7.20. The number of rotatable bonds is 3. The van der Waals surface area contributed by atoms with Crippen molar-refractivity contribution in [3.05, 3.63) is 30.0 Å². The summed E-state index contributed by atoms with van der Waals surface area (Å²) >= 11 is 0. The molecule has 0 saturated carbocycles. The van der Waals surface area contributed by atoms with Crippen molar-refractivity contribution in [3.8, 4) is 5.75 Å². The van der Waals surface area contributed by atoms with Crippen LogP contribution < -0.4 is 4.74 Å². The molecule has 15 heavy (non-hydrogen) atoms. The van der Waals surface area contributed by atoms with Crippen molar-refractivity contribution >= 4 is 10.9 Å². The van der Waals surface area contributed by atoms with E-state index in [0.717, 1.165) is 17.7 Å². The van der Waals surface area contributed by atoms with Crippen LogP contribution in [-0.4, -0.2) is 12.1 Å². The lowest BCUT2D eigenvalue weighted by molar-refractivity contribution is 0.420. The molecule has 0 radical (unpaired) electrons. The third kappa shape index (κ3) is 1.99. The third-order valence-electron chi connectivity index (χ3n) is 2.53. The van der Waals surface area contributed by atoms with E-state index in [1.165, 1.54) is 11.1 Å². The predicted octanol–water partition coefficient (Wildman–Crippen LogP) is 3.38. The molecule has 1 aromatic heterocycles. The van der Waals surface area contributed by atoms with Gasteiger partial charge in [0.25, 0.3) is 0 Å². The molecule has 0 fully saturated rings. The molecule has 0 spiro atoms. The lowest BCUT2D eigenvalue weighted by Crippen LogP contribution is -1.93. The molecule has 0 unspecified atom stereocenters. The van der Waals surface area contributed by atoms with Gasteiger partial charge in [-0.1, -0.05) is 19.9 Å². The van der Waals surface area contributed by atoms with Crippen molar-refractivity contribution in [2.45, 2.75) is 20.3 Å². The van der Waals surface area contributed by atoms with E-state index in [1.54, 1.807) is 7.11 Å². The molecule has 1 heterocycles. The van der Waals surface area contributed by atoms with Crippen molar-refractivity contribution in [2.75, 3.05) is 7.11 Å². The van der Waals surface area contributed by atoms with Crippen molar-refractivity contribution in [3.63, 3.8) is 0 Å². The molecule has 0 aliphatic heterocycles. The maximum absolute atomic E-state index is 5.33. The molecular weight excluding hydrogens is 186 g/mol. The van der Waals surface area contributed by atoms with Gasteiger partial charge < -0.3 is 9.72 Å². The molecule has 80 valence electrons. The summed E-state index contributed by atoms with van der Waals surface area (Å²) < 4.78 is 5.33. The van der Waals surface area contributed by atoms with Gasteiger partial charge in [0, 0.05) is 16.6 Å². The van der Waals surface area contributed by atoms with Gasteiger partial charge in [0.2, 0.25) is 0 Å². The zero-order chi connectivity index (χ0) is 10.8. The average Bonchev–Trinajstić information content (AvgIpc) is 2.58. The maximum atomic E-state index is 5.33. The van der Waals surface area contributed by atoms with Gasteiger partial charge in [0.05, 0.1) is 7.11 Å². The van der Waals surface area contributed by atoms with E-state index in [0.29, 0.717) is 5.92 Å². The fourth-order valence-corrected chi connectivity index (χ4v) is 1.91. The molecule has 0 amide bonds. The Hall–Kier alpha value is -1.44. The van der Waals surface area contributed by atoms with Crippen molar-refractivity contribution in [1.82, 2.24) is 4.98 Å². The fourth-order valence-electron chi connectivity index (χ4n) is 1.91. The number of aromatic nitrogens is 1. The van der Waals surface area contributed by atoms with Gasteiger partial charge in [-0.15, -0.1) is 0 Å². The van der Waals surface area contributed by atoms with Crippen LogP contribution in [0.4, 0.5) is 0 Å². The summed E-state index contributed by atoms with van der Waals surface area (Å²) in [6.07, 6.45) is 1.08. The maximum Gasteiger partial charge on any atom is 0.128 e. The lowest BCUT2D eigenvalue weighted by atomic mass is 10.1. The highest BCUT2D eigenvalue weighted by Crippen LogP contribution is 2.26. The summed E-state index contributed by atoms with van der Waals surface area (Å²) in [5.41, 5.74) is 2.44. The summed E-state index contributed by atoms with van der Waals surface area (Å²) in [5.74, 6) is 1.61. The number of benzene rings is 1. The van der Waals surface area contributed by atoms with Crippen LogP contribution in [0.15, 0.2) is 24.3 Å². The zero-order valence-corrected chi connectivity index (χ0v) is 9.50. The van der Waals surface area contributed by atoms with Crippen LogP contribution in [0.2, 0.25) is 0 Å². The topological polar surface area (TPSA) is 25.0 Å². The Kier molecular flexibility index (Phi) is 2.67. The number of H-pyrrole nitrogens is 1. The molecule has 2 heteroatoms. The Morgan fingerprint density at radius 2 is 2.13 bits per heavy atom. The highest BCUT2D eigenvalue weighted by molar-refractivity contribution is 5.86. The Morgan fingerprint density at radius 1 is 1.33 bits per heavy atom. The third-order valence-corrected chi connectivity index (χ3v) is 2.53. The number of ether oxygens (including phenoxy) is 1. The quantitative estimate of drug-likeness (QED) is 0.812. The molecular formula is C13H17NO. The first-order valence-electron chi connectivity index (χ1n) is 5.35. The van der Waals surface area contributed by atoms with E-state index >= 15 is 0 Å². The van der Waals surface area contributed by atoms with Crippen LogP contribution in [0.3, 0.4) is 0 Å². The molecule has 0 aliphatic carbocycles. The van der Waals surface area contributed by atoms with Crippen molar-refractivity contribution in [2.24, 2.45) is 5.92 Å². The number of hydrogen-bond donors (Lipinski definition) is 1.